The van der Waals surface area contributed by atoms with Gasteiger partial charge < -0.3 is 0 Å². The molecule has 0 fully saturated rings. The first-order valence-electron chi connectivity index (χ1n) is 5.82. The highest BCUT2D eigenvalue weighted by Gasteiger charge is 2.39. The van der Waals surface area contributed by atoms with Crippen molar-refractivity contribution in [3.63, 3.8) is 0 Å². The first-order chi connectivity index (χ1) is 9.30. The van der Waals surface area contributed by atoms with Crippen LogP contribution in [0.1, 0.15) is 29.3 Å². The van der Waals surface area contributed by atoms with Crippen LogP contribution >= 0.6 is 11.8 Å². The lowest BCUT2D eigenvalue weighted by molar-refractivity contribution is -0.109. The van der Waals surface area contributed by atoms with E-state index in [4.69, 9.17) is 0 Å². The van der Waals surface area contributed by atoms with Crippen LogP contribution < -0.4 is 0 Å². The molecule has 0 aromatic heterocycles. The fourth-order valence-electron chi connectivity index (χ4n) is 1.44. The second-order valence-electron chi connectivity index (χ2n) is 3.98. The van der Waals surface area contributed by atoms with Crippen molar-refractivity contribution < 1.29 is 22.8 Å². The molecule has 0 spiro atoms. The van der Waals surface area contributed by atoms with Gasteiger partial charge in [0.05, 0.1) is 0 Å². The summed E-state index contributed by atoms with van der Waals surface area (Å²) in [4.78, 5) is 21.8. The maximum absolute atomic E-state index is 12.3. The zero-order valence-corrected chi connectivity index (χ0v) is 11.6. The van der Waals surface area contributed by atoms with Gasteiger partial charge in [0.15, 0.2) is 5.12 Å². The summed E-state index contributed by atoms with van der Waals surface area (Å²) in [5.74, 6) is -1.23. The standard InChI is InChI=1S/C14H13F3O2S/c1-10(18)20-8-3-2-5-11-6-4-7-12(9-11)13(19)14(15,16)17/h2,4-7,9H,3,8H2,1H3. The van der Waals surface area contributed by atoms with Crippen LogP contribution in [0.5, 0.6) is 0 Å². The van der Waals surface area contributed by atoms with Gasteiger partial charge in [-0.3, -0.25) is 9.59 Å². The van der Waals surface area contributed by atoms with Crippen molar-refractivity contribution in [1.29, 1.82) is 0 Å². The first-order valence-corrected chi connectivity index (χ1v) is 6.81. The monoisotopic (exact) mass is 302 g/mol. The number of carbonyl (C=O) groups excluding carboxylic acids is 2. The molecule has 0 heterocycles. The quantitative estimate of drug-likeness (QED) is 0.606. The average molecular weight is 302 g/mol. The van der Waals surface area contributed by atoms with Gasteiger partial charge in [0, 0.05) is 18.2 Å². The fourth-order valence-corrected chi connectivity index (χ4v) is 1.98. The molecule has 1 rings (SSSR count). The first kappa shape index (κ1) is 16.5. The van der Waals surface area contributed by atoms with Crippen LogP contribution in [-0.2, 0) is 4.79 Å². The van der Waals surface area contributed by atoms with Crippen molar-refractivity contribution in [3.8, 4) is 0 Å². The Morgan fingerprint density at radius 1 is 1.30 bits per heavy atom. The minimum atomic E-state index is -4.86. The summed E-state index contributed by atoms with van der Waals surface area (Å²) < 4.78 is 36.9. The van der Waals surface area contributed by atoms with Gasteiger partial charge in [0.1, 0.15) is 0 Å². The van der Waals surface area contributed by atoms with E-state index in [0.29, 0.717) is 17.7 Å². The summed E-state index contributed by atoms with van der Waals surface area (Å²) in [6, 6.07) is 5.36. The molecule has 0 aliphatic heterocycles. The van der Waals surface area contributed by atoms with Crippen LogP contribution in [0.25, 0.3) is 6.08 Å². The lowest BCUT2D eigenvalue weighted by atomic mass is 10.1. The third kappa shape index (κ3) is 5.61. The van der Waals surface area contributed by atoms with Gasteiger partial charge in [0.2, 0.25) is 0 Å². The number of benzene rings is 1. The van der Waals surface area contributed by atoms with Crippen LogP contribution in [0.3, 0.4) is 0 Å². The molecule has 0 aliphatic rings. The van der Waals surface area contributed by atoms with Gasteiger partial charge in [-0.05, 0) is 18.1 Å². The van der Waals surface area contributed by atoms with Crippen LogP contribution in [0.4, 0.5) is 13.2 Å². The van der Waals surface area contributed by atoms with Crippen LogP contribution in [0, 0.1) is 0 Å². The molecule has 0 atom stereocenters. The predicted octanol–water partition coefficient (Wildman–Crippen LogP) is 4.11. The number of rotatable bonds is 5. The van der Waals surface area contributed by atoms with Crippen molar-refractivity contribution in [2.75, 3.05) is 5.75 Å². The molecule has 0 amide bonds. The number of hydrogen-bond acceptors (Lipinski definition) is 3. The Bertz CT molecular complexity index is 521. The third-order valence-electron chi connectivity index (χ3n) is 2.31. The van der Waals surface area contributed by atoms with Gasteiger partial charge in [-0.2, -0.15) is 13.2 Å². The SMILES string of the molecule is CC(=O)SCCC=Cc1cccc(C(=O)C(F)(F)F)c1. The second kappa shape index (κ2) is 7.28. The van der Waals surface area contributed by atoms with Crippen molar-refractivity contribution in [3.05, 3.63) is 41.5 Å². The Hall–Kier alpha value is -1.56. The number of allylic oxidation sites excluding steroid dienone is 1. The van der Waals surface area contributed by atoms with Crippen molar-refractivity contribution in [2.45, 2.75) is 19.5 Å². The van der Waals surface area contributed by atoms with E-state index in [2.05, 4.69) is 0 Å². The zero-order chi connectivity index (χ0) is 15.2. The third-order valence-corrected chi connectivity index (χ3v) is 3.15. The van der Waals surface area contributed by atoms with Crippen molar-refractivity contribution in [2.24, 2.45) is 0 Å². The molecule has 0 saturated carbocycles. The Morgan fingerprint density at radius 2 is 2.00 bits per heavy atom. The van der Waals surface area contributed by atoms with E-state index in [1.807, 2.05) is 0 Å². The Morgan fingerprint density at radius 3 is 2.60 bits per heavy atom. The molecule has 0 aliphatic carbocycles. The summed E-state index contributed by atoms with van der Waals surface area (Å²) in [6.45, 7) is 1.47. The highest BCUT2D eigenvalue weighted by atomic mass is 32.2. The molecular formula is C14H13F3O2S. The molecule has 0 saturated heterocycles. The van der Waals surface area contributed by atoms with Gasteiger partial charge in [0.25, 0.3) is 5.78 Å². The van der Waals surface area contributed by atoms with E-state index in [1.165, 1.54) is 30.8 Å². The molecule has 1 aromatic carbocycles. The molecule has 0 unspecified atom stereocenters. The number of carbonyl (C=O) groups is 2. The number of Topliss-reactive ketones (excluding diaryl/α,β-unsaturated/α-hetero) is 1. The maximum atomic E-state index is 12.3. The molecule has 6 heteroatoms. The largest absolute Gasteiger partial charge is 0.454 e. The molecule has 0 radical (unpaired) electrons. The highest BCUT2D eigenvalue weighted by Crippen LogP contribution is 2.22. The van der Waals surface area contributed by atoms with Gasteiger partial charge in [-0.1, -0.05) is 42.1 Å². The fraction of sp³-hybridized carbons (Fsp3) is 0.286. The Balaban J connectivity index is 2.67. The number of thioether (sulfide) groups is 1. The van der Waals surface area contributed by atoms with Crippen LogP contribution in [-0.4, -0.2) is 22.8 Å². The Labute approximate surface area is 119 Å². The highest BCUT2D eigenvalue weighted by molar-refractivity contribution is 8.13. The number of halogens is 3. The summed E-state index contributed by atoms with van der Waals surface area (Å²) in [5, 5.41) is 0.0242. The minimum absolute atomic E-state index is 0.0242. The molecule has 2 nitrogen and oxygen atoms in total. The topological polar surface area (TPSA) is 34.1 Å². The van der Waals surface area contributed by atoms with Crippen LogP contribution in [0.2, 0.25) is 0 Å². The summed E-state index contributed by atoms with van der Waals surface area (Å²) in [5.41, 5.74) is 0.144. The number of hydrogen-bond donors (Lipinski definition) is 0. The maximum Gasteiger partial charge on any atom is 0.454 e. The molecule has 0 bridgehead atoms. The zero-order valence-electron chi connectivity index (χ0n) is 10.7. The lowest BCUT2D eigenvalue weighted by Gasteiger charge is -2.05. The van der Waals surface area contributed by atoms with E-state index in [9.17, 15) is 22.8 Å². The van der Waals surface area contributed by atoms with E-state index in [1.54, 1.807) is 18.2 Å². The smallest absolute Gasteiger partial charge is 0.288 e. The van der Waals surface area contributed by atoms with Gasteiger partial charge in [-0.25, -0.2) is 0 Å². The summed E-state index contributed by atoms with van der Waals surface area (Å²) >= 11 is 1.18. The minimum Gasteiger partial charge on any atom is -0.288 e. The summed E-state index contributed by atoms with van der Waals surface area (Å²) in [7, 11) is 0. The van der Waals surface area contributed by atoms with Crippen molar-refractivity contribution in [1.82, 2.24) is 0 Å². The lowest BCUT2D eigenvalue weighted by Crippen LogP contribution is -2.22. The molecule has 108 valence electrons. The molecule has 0 N–H and O–H groups in total. The van der Waals surface area contributed by atoms with E-state index < -0.39 is 12.0 Å². The molecule has 20 heavy (non-hydrogen) atoms. The van der Waals surface area contributed by atoms with Crippen molar-refractivity contribution >= 4 is 28.7 Å². The number of alkyl halides is 3. The van der Waals surface area contributed by atoms with E-state index in [0.717, 1.165) is 6.07 Å². The van der Waals surface area contributed by atoms with Gasteiger partial charge >= 0.3 is 6.18 Å². The predicted molar refractivity (Wildman–Crippen MR) is 73.6 cm³/mol. The number of ketones is 1. The summed E-state index contributed by atoms with van der Waals surface area (Å²) in [6.07, 6.45) is -0.844. The molecule has 1 aromatic rings. The van der Waals surface area contributed by atoms with Gasteiger partial charge in [-0.15, -0.1) is 0 Å². The normalized spacial score (nSPS) is 11.8. The Kier molecular flexibility index (Phi) is 6.01. The molecular weight excluding hydrogens is 289 g/mol. The second-order valence-corrected chi connectivity index (χ2v) is 5.26. The van der Waals surface area contributed by atoms with E-state index >= 15 is 0 Å². The van der Waals surface area contributed by atoms with Crippen LogP contribution in [0.15, 0.2) is 30.3 Å². The average Bonchev–Trinajstić information content (AvgIpc) is 2.36. The van der Waals surface area contributed by atoms with E-state index in [-0.39, 0.29) is 10.7 Å².